The molecule has 0 aliphatic heterocycles. The summed E-state index contributed by atoms with van der Waals surface area (Å²) in [7, 11) is 0. The Kier molecular flexibility index (Phi) is 8.61. The Morgan fingerprint density at radius 1 is 1.03 bits per heavy atom. The highest BCUT2D eigenvalue weighted by Gasteiger charge is 2.30. The molecule has 1 N–H and O–H groups in total. The molecule has 1 fully saturated rings. The van der Waals surface area contributed by atoms with E-state index >= 15 is 0 Å². The predicted molar refractivity (Wildman–Crippen MR) is 123 cm³/mol. The standard InChI is InChI=1S/C24H28Cl2N2O3/c1-2-22(24(30)27-20-5-3-4-6-20)28(15-17-7-9-18(25)10-8-17)23(29)16-31-21-13-11-19(26)12-14-21/h7-14,20,22H,2-6,15-16H2,1H3,(H,27,30)/t22-/m0/s1. The van der Waals surface area contributed by atoms with Crippen LogP contribution in [-0.2, 0) is 16.1 Å². The van der Waals surface area contributed by atoms with Crippen LogP contribution >= 0.6 is 23.2 Å². The Morgan fingerprint density at radius 3 is 2.19 bits per heavy atom. The zero-order valence-electron chi connectivity index (χ0n) is 17.7. The molecule has 2 aromatic carbocycles. The van der Waals surface area contributed by atoms with Crippen LogP contribution in [0, 0.1) is 0 Å². The highest BCUT2D eigenvalue weighted by Crippen LogP contribution is 2.20. The number of carbonyl (C=O) groups excluding carboxylic acids is 2. The molecule has 1 saturated carbocycles. The molecule has 3 rings (SSSR count). The lowest BCUT2D eigenvalue weighted by molar-refractivity contribution is -0.143. The maximum Gasteiger partial charge on any atom is 0.261 e. The predicted octanol–water partition coefficient (Wildman–Crippen LogP) is 5.24. The molecule has 0 spiro atoms. The number of halogens is 2. The van der Waals surface area contributed by atoms with E-state index in [4.69, 9.17) is 27.9 Å². The summed E-state index contributed by atoms with van der Waals surface area (Å²) < 4.78 is 5.67. The number of nitrogens with one attached hydrogen (secondary N) is 1. The SMILES string of the molecule is CC[C@@H](C(=O)NC1CCCC1)N(Cc1ccc(Cl)cc1)C(=O)COc1ccc(Cl)cc1. The van der Waals surface area contributed by atoms with Gasteiger partial charge >= 0.3 is 0 Å². The second kappa shape index (κ2) is 11.4. The van der Waals surface area contributed by atoms with Crippen LogP contribution in [0.3, 0.4) is 0 Å². The van der Waals surface area contributed by atoms with Crippen LogP contribution in [0.15, 0.2) is 48.5 Å². The summed E-state index contributed by atoms with van der Waals surface area (Å²) in [4.78, 5) is 27.8. The molecule has 0 radical (unpaired) electrons. The summed E-state index contributed by atoms with van der Waals surface area (Å²) in [5.74, 6) is 0.189. The summed E-state index contributed by atoms with van der Waals surface area (Å²) in [6, 6.07) is 13.7. The number of hydrogen-bond acceptors (Lipinski definition) is 3. The van der Waals surface area contributed by atoms with Gasteiger partial charge in [0.05, 0.1) is 0 Å². The van der Waals surface area contributed by atoms with E-state index < -0.39 is 6.04 Å². The maximum atomic E-state index is 13.2. The third kappa shape index (κ3) is 6.88. The molecular formula is C24H28Cl2N2O3. The van der Waals surface area contributed by atoms with Crippen molar-refractivity contribution in [1.29, 1.82) is 0 Å². The van der Waals surface area contributed by atoms with Gasteiger partial charge in [-0.15, -0.1) is 0 Å². The zero-order chi connectivity index (χ0) is 22.2. The second-order valence-corrected chi connectivity index (χ2v) is 8.68. The van der Waals surface area contributed by atoms with Crippen molar-refractivity contribution in [1.82, 2.24) is 10.2 Å². The third-order valence-electron chi connectivity index (χ3n) is 5.53. The van der Waals surface area contributed by atoms with Gasteiger partial charge in [-0.1, -0.05) is 55.1 Å². The first-order valence-electron chi connectivity index (χ1n) is 10.7. The van der Waals surface area contributed by atoms with Crippen LogP contribution in [0.4, 0.5) is 0 Å². The van der Waals surface area contributed by atoms with Gasteiger partial charge in [0.2, 0.25) is 5.91 Å². The van der Waals surface area contributed by atoms with E-state index in [9.17, 15) is 9.59 Å². The number of ether oxygens (including phenoxy) is 1. The van der Waals surface area contributed by atoms with Crippen LogP contribution in [-0.4, -0.2) is 35.4 Å². The molecule has 0 heterocycles. The van der Waals surface area contributed by atoms with Gasteiger partial charge in [-0.25, -0.2) is 0 Å². The summed E-state index contributed by atoms with van der Waals surface area (Å²) in [5, 5.41) is 4.35. The van der Waals surface area contributed by atoms with Crippen LogP contribution in [0.5, 0.6) is 5.75 Å². The van der Waals surface area contributed by atoms with Gasteiger partial charge in [-0.2, -0.15) is 0 Å². The van der Waals surface area contributed by atoms with Crippen molar-refractivity contribution in [2.24, 2.45) is 0 Å². The Labute approximate surface area is 193 Å². The van der Waals surface area contributed by atoms with Gasteiger partial charge in [0, 0.05) is 22.6 Å². The molecule has 0 bridgehead atoms. The number of nitrogens with zero attached hydrogens (tertiary/aromatic N) is 1. The Bertz CT molecular complexity index is 865. The van der Waals surface area contributed by atoms with E-state index in [2.05, 4.69) is 5.32 Å². The normalized spacial score (nSPS) is 14.8. The molecule has 2 amide bonds. The first kappa shape index (κ1) is 23.4. The van der Waals surface area contributed by atoms with Crippen molar-refractivity contribution in [3.63, 3.8) is 0 Å². The first-order valence-corrected chi connectivity index (χ1v) is 11.4. The van der Waals surface area contributed by atoms with Gasteiger partial charge < -0.3 is 15.0 Å². The van der Waals surface area contributed by atoms with E-state index in [0.29, 0.717) is 28.8 Å². The molecule has 7 heteroatoms. The summed E-state index contributed by atoms with van der Waals surface area (Å²) in [6.45, 7) is 2.06. The minimum Gasteiger partial charge on any atom is -0.484 e. The van der Waals surface area contributed by atoms with E-state index in [1.807, 2.05) is 19.1 Å². The van der Waals surface area contributed by atoms with Crippen LogP contribution in [0.1, 0.15) is 44.6 Å². The Balaban J connectivity index is 1.74. The molecule has 0 unspecified atom stereocenters. The molecule has 166 valence electrons. The van der Waals surface area contributed by atoms with Crippen LogP contribution < -0.4 is 10.1 Å². The first-order chi connectivity index (χ1) is 15.0. The smallest absolute Gasteiger partial charge is 0.261 e. The fourth-order valence-electron chi connectivity index (χ4n) is 3.83. The van der Waals surface area contributed by atoms with Crippen molar-refractivity contribution in [3.05, 3.63) is 64.1 Å². The fourth-order valence-corrected chi connectivity index (χ4v) is 4.08. The molecular weight excluding hydrogens is 435 g/mol. The number of amides is 2. The highest BCUT2D eigenvalue weighted by atomic mass is 35.5. The van der Waals surface area contributed by atoms with Gasteiger partial charge in [0.1, 0.15) is 11.8 Å². The Hall–Kier alpha value is -2.24. The zero-order valence-corrected chi connectivity index (χ0v) is 19.2. The lowest BCUT2D eigenvalue weighted by Crippen LogP contribution is -2.52. The van der Waals surface area contributed by atoms with Gasteiger partial charge in [-0.05, 0) is 61.2 Å². The van der Waals surface area contributed by atoms with Crippen LogP contribution in [0.25, 0.3) is 0 Å². The minimum absolute atomic E-state index is 0.108. The monoisotopic (exact) mass is 462 g/mol. The molecule has 31 heavy (non-hydrogen) atoms. The van der Waals surface area contributed by atoms with Crippen molar-refractivity contribution < 1.29 is 14.3 Å². The van der Waals surface area contributed by atoms with Crippen LogP contribution in [0.2, 0.25) is 10.0 Å². The second-order valence-electron chi connectivity index (χ2n) is 7.80. The number of hydrogen-bond donors (Lipinski definition) is 1. The summed E-state index contributed by atoms with van der Waals surface area (Å²) in [5.41, 5.74) is 0.899. The van der Waals surface area contributed by atoms with Gasteiger partial charge in [0.15, 0.2) is 6.61 Å². The van der Waals surface area contributed by atoms with Gasteiger partial charge in [-0.3, -0.25) is 9.59 Å². The molecule has 5 nitrogen and oxygen atoms in total. The van der Waals surface area contributed by atoms with E-state index in [0.717, 1.165) is 31.2 Å². The number of benzene rings is 2. The van der Waals surface area contributed by atoms with E-state index in [1.165, 1.54) is 0 Å². The summed E-state index contributed by atoms with van der Waals surface area (Å²) >= 11 is 11.9. The number of rotatable bonds is 9. The maximum absolute atomic E-state index is 13.2. The third-order valence-corrected chi connectivity index (χ3v) is 6.03. The van der Waals surface area contributed by atoms with Crippen molar-refractivity contribution in [2.75, 3.05) is 6.61 Å². The average Bonchev–Trinajstić information content (AvgIpc) is 3.27. The lowest BCUT2D eigenvalue weighted by Gasteiger charge is -2.31. The van der Waals surface area contributed by atoms with Gasteiger partial charge in [0.25, 0.3) is 5.91 Å². The van der Waals surface area contributed by atoms with E-state index in [-0.39, 0.29) is 24.5 Å². The van der Waals surface area contributed by atoms with Crippen molar-refractivity contribution >= 4 is 35.0 Å². The fraction of sp³-hybridized carbons (Fsp3) is 0.417. The molecule has 0 saturated heterocycles. The van der Waals surface area contributed by atoms with E-state index in [1.54, 1.807) is 41.3 Å². The molecule has 1 aliphatic carbocycles. The molecule has 1 aliphatic rings. The summed E-state index contributed by atoms with van der Waals surface area (Å²) in [6.07, 6.45) is 4.76. The largest absolute Gasteiger partial charge is 0.484 e. The Morgan fingerprint density at radius 2 is 1.61 bits per heavy atom. The highest BCUT2D eigenvalue weighted by molar-refractivity contribution is 6.30. The van der Waals surface area contributed by atoms with Crippen molar-refractivity contribution in [3.8, 4) is 5.75 Å². The number of carbonyl (C=O) groups is 2. The average molecular weight is 463 g/mol. The minimum atomic E-state index is -0.572. The quantitative estimate of drug-likeness (QED) is 0.554. The topological polar surface area (TPSA) is 58.6 Å². The molecule has 1 atom stereocenters. The lowest BCUT2D eigenvalue weighted by atomic mass is 10.1. The van der Waals surface area contributed by atoms with Crippen molar-refractivity contribution in [2.45, 2.75) is 57.7 Å². The molecule has 2 aromatic rings. The molecule has 0 aromatic heterocycles.